The quantitative estimate of drug-likeness (QED) is 0.321. The van der Waals surface area contributed by atoms with Gasteiger partial charge in [-0.3, -0.25) is 4.79 Å². The van der Waals surface area contributed by atoms with E-state index in [9.17, 15) is 20.1 Å². The topological polar surface area (TPSA) is 107 Å². The van der Waals surface area contributed by atoms with Gasteiger partial charge in [-0.2, -0.15) is 0 Å². The van der Waals surface area contributed by atoms with Crippen molar-refractivity contribution in [1.82, 2.24) is 0 Å². The normalized spacial score (nSPS) is 25.7. The van der Waals surface area contributed by atoms with Gasteiger partial charge in [0.05, 0.1) is 12.2 Å². The summed E-state index contributed by atoms with van der Waals surface area (Å²) in [7, 11) is 0. The number of ether oxygens (including phenoxy) is 1. The molecular weight excluding hydrogens is 396 g/mol. The lowest BCUT2D eigenvalue weighted by atomic mass is 9.89. The van der Waals surface area contributed by atoms with Crippen LogP contribution in [0.5, 0.6) is 5.75 Å². The summed E-state index contributed by atoms with van der Waals surface area (Å²) in [5.41, 5.74) is 0. The van der Waals surface area contributed by atoms with Crippen molar-refractivity contribution in [1.29, 1.82) is 0 Å². The Bertz CT molecular complexity index is 704. The van der Waals surface area contributed by atoms with Gasteiger partial charge in [0, 0.05) is 23.8 Å². The smallest absolute Gasteiger partial charge is 0.303 e. The minimum atomic E-state index is -0.855. The van der Waals surface area contributed by atoms with E-state index in [0.717, 1.165) is 0 Å². The molecule has 1 aliphatic carbocycles. The minimum absolute atomic E-state index is 0.0519. The second kappa shape index (κ2) is 12.0. The van der Waals surface area contributed by atoms with Gasteiger partial charge in [0.25, 0.3) is 0 Å². The lowest BCUT2D eigenvalue weighted by Crippen LogP contribution is -2.21. The molecule has 0 saturated heterocycles. The van der Waals surface area contributed by atoms with Gasteiger partial charge in [-0.15, -0.1) is 0 Å². The number of carbonyl (C=O) groups is 1. The predicted molar refractivity (Wildman–Crippen MR) is 111 cm³/mol. The number of carboxylic acid groups (broad SMARTS) is 1. The summed E-state index contributed by atoms with van der Waals surface area (Å²) in [6.07, 6.45) is 7.26. The zero-order chi connectivity index (χ0) is 21.2. The number of hydrogen-bond acceptors (Lipinski definition) is 5. The number of rotatable bonds is 11. The molecule has 0 spiro atoms. The molecule has 3 unspecified atom stereocenters. The highest BCUT2D eigenvalue weighted by atomic mass is 35.5. The average molecular weight is 425 g/mol. The van der Waals surface area contributed by atoms with Crippen LogP contribution in [0.3, 0.4) is 0 Å². The first-order valence-electron chi connectivity index (χ1n) is 9.84. The number of aliphatic hydroxyl groups is 3. The molecule has 7 heteroatoms. The number of allylic oxidation sites excluding steroid dienone is 2. The second-order valence-electron chi connectivity index (χ2n) is 7.33. The lowest BCUT2D eigenvalue weighted by molar-refractivity contribution is -0.137. The van der Waals surface area contributed by atoms with E-state index in [1.807, 2.05) is 12.2 Å². The summed E-state index contributed by atoms with van der Waals surface area (Å²) < 4.78 is 5.51. The minimum Gasteiger partial charge on any atom is -0.491 e. The van der Waals surface area contributed by atoms with Gasteiger partial charge in [-0.1, -0.05) is 42.0 Å². The predicted octanol–water partition coefficient (Wildman–Crippen LogP) is 3.20. The fourth-order valence-electron chi connectivity index (χ4n) is 3.50. The first-order chi connectivity index (χ1) is 13.9. The highest BCUT2D eigenvalue weighted by molar-refractivity contribution is 6.30. The Morgan fingerprint density at radius 1 is 1.28 bits per heavy atom. The number of halogens is 1. The summed E-state index contributed by atoms with van der Waals surface area (Å²) in [5, 5.41) is 39.8. The molecule has 1 saturated carbocycles. The SMILES string of the molecule is O=C(O)CCC/C=C\CC1C(O)CC(O)[C@@H]1/C=C/[C@H](O)COc1cccc(Cl)c1. The third-order valence-corrected chi connectivity index (χ3v) is 5.26. The maximum atomic E-state index is 10.5. The van der Waals surface area contributed by atoms with Gasteiger partial charge in [0.15, 0.2) is 0 Å². The highest BCUT2D eigenvalue weighted by Gasteiger charge is 2.39. The zero-order valence-corrected chi connectivity index (χ0v) is 17.0. The van der Waals surface area contributed by atoms with Gasteiger partial charge in [0.2, 0.25) is 0 Å². The number of aliphatic hydroxyl groups excluding tert-OH is 3. The number of unbranched alkanes of at least 4 members (excludes halogenated alkanes) is 1. The fraction of sp³-hybridized carbons (Fsp3) is 0.500. The third-order valence-electron chi connectivity index (χ3n) is 5.02. The molecule has 0 aliphatic heterocycles. The fourth-order valence-corrected chi connectivity index (χ4v) is 3.68. The van der Waals surface area contributed by atoms with Crippen LogP contribution in [0.4, 0.5) is 0 Å². The molecule has 1 aromatic carbocycles. The van der Waals surface area contributed by atoms with Gasteiger partial charge in [0.1, 0.15) is 18.5 Å². The molecule has 1 aliphatic rings. The second-order valence-corrected chi connectivity index (χ2v) is 7.76. The van der Waals surface area contributed by atoms with E-state index in [0.29, 0.717) is 36.5 Å². The molecule has 0 radical (unpaired) electrons. The van der Waals surface area contributed by atoms with Crippen molar-refractivity contribution in [3.63, 3.8) is 0 Å². The summed E-state index contributed by atoms with van der Waals surface area (Å²) >= 11 is 5.90. The Kier molecular flexibility index (Phi) is 9.67. The molecule has 4 N–H and O–H groups in total. The van der Waals surface area contributed by atoms with Crippen LogP contribution in [-0.4, -0.2) is 51.3 Å². The van der Waals surface area contributed by atoms with E-state index in [2.05, 4.69) is 0 Å². The molecule has 29 heavy (non-hydrogen) atoms. The molecule has 5 atom stereocenters. The summed E-state index contributed by atoms with van der Waals surface area (Å²) in [4.78, 5) is 10.5. The van der Waals surface area contributed by atoms with Gasteiger partial charge in [-0.25, -0.2) is 0 Å². The van der Waals surface area contributed by atoms with Crippen molar-refractivity contribution in [3.05, 3.63) is 53.6 Å². The van der Waals surface area contributed by atoms with Gasteiger partial charge >= 0.3 is 5.97 Å². The zero-order valence-electron chi connectivity index (χ0n) is 16.2. The van der Waals surface area contributed by atoms with Crippen LogP contribution < -0.4 is 4.74 Å². The monoisotopic (exact) mass is 424 g/mol. The summed E-state index contributed by atoms with van der Waals surface area (Å²) in [6.45, 7) is 0.0519. The molecular formula is C22H29ClO6. The maximum Gasteiger partial charge on any atom is 0.303 e. The largest absolute Gasteiger partial charge is 0.491 e. The van der Waals surface area contributed by atoms with Crippen molar-refractivity contribution in [2.45, 2.75) is 50.4 Å². The summed E-state index contributed by atoms with van der Waals surface area (Å²) in [5.74, 6) is -0.671. The highest BCUT2D eigenvalue weighted by Crippen LogP contribution is 2.36. The molecule has 2 rings (SSSR count). The van der Waals surface area contributed by atoms with Crippen LogP contribution >= 0.6 is 11.6 Å². The van der Waals surface area contributed by atoms with Crippen LogP contribution in [-0.2, 0) is 4.79 Å². The maximum absolute atomic E-state index is 10.5. The first-order valence-corrected chi connectivity index (χ1v) is 10.2. The van der Waals surface area contributed by atoms with Gasteiger partial charge < -0.3 is 25.2 Å². The van der Waals surface area contributed by atoms with Crippen LogP contribution in [0.15, 0.2) is 48.6 Å². The van der Waals surface area contributed by atoms with Crippen molar-refractivity contribution < 1.29 is 30.0 Å². The molecule has 6 nitrogen and oxygen atoms in total. The molecule has 0 amide bonds. The van der Waals surface area contributed by atoms with Crippen molar-refractivity contribution in [3.8, 4) is 5.75 Å². The molecule has 1 fully saturated rings. The number of aliphatic carboxylic acids is 1. The molecule has 1 aromatic rings. The number of carboxylic acids is 1. The summed E-state index contributed by atoms with van der Waals surface area (Å²) in [6, 6.07) is 6.90. The van der Waals surface area contributed by atoms with Crippen molar-refractivity contribution in [2.75, 3.05) is 6.61 Å². The van der Waals surface area contributed by atoms with Gasteiger partial charge in [-0.05, 0) is 43.4 Å². The Labute approximate surface area is 176 Å². The molecule has 0 aromatic heterocycles. The van der Waals surface area contributed by atoms with Crippen LogP contribution in [0, 0.1) is 11.8 Å². The number of hydrogen-bond donors (Lipinski definition) is 4. The Balaban J connectivity index is 1.83. The van der Waals surface area contributed by atoms with E-state index in [1.165, 1.54) is 0 Å². The van der Waals surface area contributed by atoms with E-state index < -0.39 is 24.3 Å². The van der Waals surface area contributed by atoms with E-state index >= 15 is 0 Å². The standard InChI is InChI=1S/C22H29ClO6/c23-15-6-5-7-17(12-15)29-14-16(24)10-11-19-18(20(25)13-21(19)26)8-3-1-2-4-9-22(27)28/h1,3,5-7,10-12,16,18-21,24-26H,2,4,8-9,13-14H2,(H,27,28)/b3-1-,11-10+/t16-,18?,19+,20?,21?/m0/s1. The van der Waals surface area contributed by atoms with Crippen molar-refractivity contribution >= 4 is 17.6 Å². The Morgan fingerprint density at radius 2 is 2.07 bits per heavy atom. The van der Waals surface area contributed by atoms with Crippen LogP contribution in [0.1, 0.15) is 32.1 Å². The first kappa shape index (κ1) is 23.4. The number of benzene rings is 1. The van der Waals surface area contributed by atoms with Crippen molar-refractivity contribution in [2.24, 2.45) is 11.8 Å². The van der Waals surface area contributed by atoms with E-state index in [4.69, 9.17) is 21.4 Å². The molecule has 160 valence electrons. The van der Waals surface area contributed by atoms with Crippen LogP contribution in [0.2, 0.25) is 5.02 Å². The molecule has 0 heterocycles. The Hall–Kier alpha value is -1.86. The lowest BCUT2D eigenvalue weighted by Gasteiger charge is -2.19. The van der Waals surface area contributed by atoms with E-state index in [1.54, 1.807) is 36.4 Å². The average Bonchev–Trinajstić information content (AvgIpc) is 2.93. The third kappa shape index (κ3) is 8.19. The van der Waals surface area contributed by atoms with Crippen LogP contribution in [0.25, 0.3) is 0 Å². The Morgan fingerprint density at radius 3 is 2.79 bits per heavy atom. The van der Waals surface area contributed by atoms with E-state index in [-0.39, 0.29) is 24.9 Å². The molecule has 0 bridgehead atoms.